The molecule has 0 atom stereocenters. The summed E-state index contributed by atoms with van der Waals surface area (Å²) in [6.45, 7) is 3.76. The molecule has 0 aromatic heterocycles. The molecule has 0 saturated heterocycles. The monoisotopic (exact) mass is 346 g/mol. The van der Waals surface area contributed by atoms with Gasteiger partial charge in [0, 0.05) is 11.0 Å². The van der Waals surface area contributed by atoms with E-state index in [-0.39, 0.29) is 12.3 Å². The Bertz CT molecular complexity index is 815. The number of ether oxygens (including phenoxy) is 2. The van der Waals surface area contributed by atoms with Gasteiger partial charge < -0.3 is 14.6 Å². The summed E-state index contributed by atoms with van der Waals surface area (Å²) in [5.74, 6) is 0.867. The van der Waals surface area contributed by atoms with Gasteiger partial charge in [-0.25, -0.2) is 0 Å². The van der Waals surface area contributed by atoms with Crippen molar-refractivity contribution in [3.8, 4) is 11.5 Å². The number of nitrogens with one attached hydrogen (secondary N) is 1. The molecule has 0 radical (unpaired) electrons. The number of rotatable bonds is 7. The van der Waals surface area contributed by atoms with Gasteiger partial charge in [0.2, 0.25) is 0 Å². The standard InChI is InChI=1S/C18H22N2O5/c1-18(2,10-21)8-7-11-9-14(24-3)15-12(19-22)5-6-13(20-23)16(15)17(11)25-4/h5-9,19,21-22H,10H2,1-4H3. The topological polar surface area (TPSA) is 100 Å². The predicted molar refractivity (Wildman–Crippen MR) is 97.8 cm³/mol. The highest BCUT2D eigenvalue weighted by atomic mass is 16.5. The summed E-state index contributed by atoms with van der Waals surface area (Å²) in [6, 6.07) is 4.76. The van der Waals surface area contributed by atoms with Gasteiger partial charge in [-0.2, -0.15) is 0 Å². The zero-order chi connectivity index (χ0) is 18.6. The fraction of sp³-hybridized carbons (Fsp3) is 0.333. The normalized spacial score (nSPS) is 11.8. The number of nitroso groups, excluding NO2 is 1. The van der Waals surface area contributed by atoms with E-state index in [1.807, 2.05) is 19.9 Å². The summed E-state index contributed by atoms with van der Waals surface area (Å²) in [5.41, 5.74) is 2.87. The maximum absolute atomic E-state index is 11.3. The Labute approximate surface area is 145 Å². The summed E-state index contributed by atoms with van der Waals surface area (Å²) in [7, 11) is 2.98. The number of hydrogen-bond donors (Lipinski definition) is 3. The quantitative estimate of drug-likeness (QED) is 0.516. The highest BCUT2D eigenvalue weighted by molar-refractivity contribution is 6.09. The Morgan fingerprint density at radius 2 is 1.96 bits per heavy atom. The molecule has 0 aliphatic carbocycles. The van der Waals surface area contributed by atoms with Crippen molar-refractivity contribution in [2.45, 2.75) is 13.8 Å². The summed E-state index contributed by atoms with van der Waals surface area (Å²) in [6.07, 6.45) is 3.64. The number of nitrogens with zero attached hydrogens (tertiary/aromatic N) is 1. The fourth-order valence-electron chi connectivity index (χ4n) is 2.54. The maximum Gasteiger partial charge on any atom is 0.136 e. The van der Waals surface area contributed by atoms with E-state index < -0.39 is 5.41 Å². The van der Waals surface area contributed by atoms with Crippen LogP contribution in [0.3, 0.4) is 0 Å². The second-order valence-electron chi connectivity index (χ2n) is 6.27. The van der Waals surface area contributed by atoms with E-state index in [1.54, 1.807) is 12.1 Å². The van der Waals surface area contributed by atoms with Gasteiger partial charge >= 0.3 is 0 Å². The van der Waals surface area contributed by atoms with Crippen LogP contribution in [0.4, 0.5) is 11.4 Å². The molecular weight excluding hydrogens is 324 g/mol. The number of aliphatic hydroxyl groups excluding tert-OH is 1. The minimum atomic E-state index is -0.423. The van der Waals surface area contributed by atoms with Gasteiger partial charge in [-0.05, 0) is 23.4 Å². The average molecular weight is 346 g/mol. The lowest BCUT2D eigenvalue weighted by Crippen LogP contribution is -2.12. The van der Waals surface area contributed by atoms with E-state index in [1.165, 1.54) is 26.4 Å². The molecule has 134 valence electrons. The Kier molecular flexibility index (Phi) is 5.61. The van der Waals surface area contributed by atoms with Crippen molar-refractivity contribution in [1.29, 1.82) is 0 Å². The lowest BCUT2D eigenvalue weighted by molar-refractivity contribution is 0.200. The zero-order valence-electron chi connectivity index (χ0n) is 14.7. The molecule has 0 aliphatic rings. The van der Waals surface area contributed by atoms with E-state index in [0.717, 1.165) is 0 Å². The Hall–Kier alpha value is -2.64. The molecule has 7 nitrogen and oxygen atoms in total. The predicted octanol–water partition coefficient (Wildman–Crippen LogP) is 4.09. The number of hydrogen-bond acceptors (Lipinski definition) is 7. The van der Waals surface area contributed by atoms with Gasteiger partial charge in [0.1, 0.15) is 17.2 Å². The molecule has 0 aliphatic heterocycles. The van der Waals surface area contributed by atoms with Crippen LogP contribution in [0.5, 0.6) is 11.5 Å². The van der Waals surface area contributed by atoms with E-state index in [9.17, 15) is 15.2 Å². The van der Waals surface area contributed by atoms with Crippen LogP contribution in [0.25, 0.3) is 16.8 Å². The van der Waals surface area contributed by atoms with Crippen LogP contribution in [0.1, 0.15) is 19.4 Å². The fourth-order valence-corrected chi connectivity index (χ4v) is 2.54. The zero-order valence-corrected chi connectivity index (χ0v) is 14.7. The Balaban J connectivity index is 2.88. The van der Waals surface area contributed by atoms with Gasteiger partial charge in [0.25, 0.3) is 0 Å². The molecule has 3 N–H and O–H groups in total. The SMILES string of the molecule is COc1cc(C=CC(C)(C)CO)c(OC)c2c(N=O)ccc(NO)c12. The summed E-state index contributed by atoms with van der Waals surface area (Å²) >= 11 is 0. The first-order chi connectivity index (χ1) is 11.9. The molecule has 0 bridgehead atoms. The van der Waals surface area contributed by atoms with Crippen molar-refractivity contribution in [2.24, 2.45) is 10.6 Å². The summed E-state index contributed by atoms with van der Waals surface area (Å²) < 4.78 is 11.0. The summed E-state index contributed by atoms with van der Waals surface area (Å²) in [4.78, 5) is 11.3. The Morgan fingerprint density at radius 3 is 2.48 bits per heavy atom. The van der Waals surface area contributed by atoms with Crippen LogP contribution in [0, 0.1) is 10.3 Å². The molecule has 0 heterocycles. The smallest absolute Gasteiger partial charge is 0.136 e. The maximum atomic E-state index is 11.3. The van der Waals surface area contributed by atoms with Crippen LogP contribution in [0.2, 0.25) is 0 Å². The van der Waals surface area contributed by atoms with Crippen molar-refractivity contribution in [3.05, 3.63) is 34.7 Å². The molecule has 0 spiro atoms. The van der Waals surface area contributed by atoms with Gasteiger partial charge in [0.15, 0.2) is 0 Å². The van der Waals surface area contributed by atoms with Crippen LogP contribution in [-0.4, -0.2) is 31.1 Å². The molecule has 0 fully saturated rings. The van der Waals surface area contributed by atoms with E-state index in [4.69, 9.17) is 9.47 Å². The van der Waals surface area contributed by atoms with Crippen LogP contribution in [-0.2, 0) is 0 Å². The first-order valence-electron chi connectivity index (χ1n) is 7.67. The van der Waals surface area contributed by atoms with E-state index in [0.29, 0.717) is 33.5 Å². The average Bonchev–Trinajstić information content (AvgIpc) is 2.64. The van der Waals surface area contributed by atoms with Crippen molar-refractivity contribution in [1.82, 2.24) is 0 Å². The molecule has 7 heteroatoms. The van der Waals surface area contributed by atoms with E-state index in [2.05, 4.69) is 10.7 Å². The molecule has 2 rings (SSSR count). The molecular formula is C18H22N2O5. The van der Waals surface area contributed by atoms with Crippen LogP contribution < -0.4 is 15.0 Å². The van der Waals surface area contributed by atoms with Gasteiger partial charge in [-0.15, -0.1) is 4.91 Å². The summed E-state index contributed by atoms with van der Waals surface area (Å²) in [5, 5.41) is 22.8. The Morgan fingerprint density at radius 1 is 1.24 bits per heavy atom. The molecule has 0 amide bonds. The van der Waals surface area contributed by atoms with Gasteiger partial charge in [-0.3, -0.25) is 10.7 Å². The minimum absolute atomic E-state index is 0.0176. The largest absolute Gasteiger partial charge is 0.496 e. The van der Waals surface area contributed by atoms with Crippen molar-refractivity contribution < 1.29 is 19.8 Å². The third-order valence-corrected chi connectivity index (χ3v) is 3.97. The lowest BCUT2D eigenvalue weighted by Gasteiger charge is -2.18. The third kappa shape index (κ3) is 3.57. The highest BCUT2D eigenvalue weighted by Gasteiger charge is 2.20. The molecule has 0 unspecified atom stereocenters. The first kappa shape index (κ1) is 18.7. The minimum Gasteiger partial charge on any atom is -0.496 e. The van der Waals surface area contributed by atoms with Crippen LogP contribution in [0.15, 0.2) is 29.5 Å². The molecule has 2 aromatic rings. The molecule has 0 saturated carbocycles. The molecule has 25 heavy (non-hydrogen) atoms. The van der Waals surface area contributed by atoms with Crippen LogP contribution >= 0.6 is 0 Å². The highest BCUT2D eigenvalue weighted by Crippen LogP contribution is 2.46. The number of methoxy groups -OCH3 is 2. The number of anilines is 1. The number of benzene rings is 2. The van der Waals surface area contributed by atoms with Crippen molar-refractivity contribution in [3.63, 3.8) is 0 Å². The van der Waals surface area contributed by atoms with Crippen molar-refractivity contribution in [2.75, 3.05) is 26.3 Å². The third-order valence-electron chi connectivity index (χ3n) is 3.97. The number of aliphatic hydroxyl groups is 1. The second kappa shape index (κ2) is 7.50. The van der Waals surface area contributed by atoms with Gasteiger partial charge in [0.05, 0.1) is 37.3 Å². The second-order valence-corrected chi connectivity index (χ2v) is 6.27. The van der Waals surface area contributed by atoms with Gasteiger partial charge in [-0.1, -0.05) is 26.0 Å². The first-order valence-corrected chi connectivity index (χ1v) is 7.67. The lowest BCUT2D eigenvalue weighted by atomic mass is 9.92. The van der Waals surface area contributed by atoms with E-state index >= 15 is 0 Å². The number of fused-ring (bicyclic) bond motifs is 1. The molecule has 2 aromatic carbocycles. The van der Waals surface area contributed by atoms with Crippen molar-refractivity contribution >= 4 is 28.2 Å².